The highest BCUT2D eigenvalue weighted by atomic mass is 35.5. The average Bonchev–Trinajstić information content (AvgIpc) is 3.06. The number of amides is 2. The second kappa shape index (κ2) is 6.06. The first kappa shape index (κ1) is 16.2. The summed E-state index contributed by atoms with van der Waals surface area (Å²) in [5.74, 6) is -1.14. The molecule has 0 spiro atoms. The lowest BCUT2D eigenvalue weighted by atomic mass is 9.99. The van der Waals surface area contributed by atoms with Gasteiger partial charge in [0.15, 0.2) is 0 Å². The molecule has 0 radical (unpaired) electrons. The maximum atomic E-state index is 11.6. The maximum Gasteiger partial charge on any atom is 0.250 e. The maximum absolute atomic E-state index is 11.6. The van der Waals surface area contributed by atoms with Gasteiger partial charge >= 0.3 is 0 Å². The number of hydrogen-bond acceptors (Lipinski definition) is 5. The van der Waals surface area contributed by atoms with Gasteiger partial charge in [0.2, 0.25) is 21.8 Å². The predicted molar refractivity (Wildman–Crippen MR) is 71.0 cm³/mol. The van der Waals surface area contributed by atoms with Gasteiger partial charge in [0, 0.05) is 12.5 Å². The summed E-state index contributed by atoms with van der Waals surface area (Å²) in [7, 11) is -3.56. The van der Waals surface area contributed by atoms with E-state index < -0.39 is 27.2 Å². The number of sulfonamides is 1. The number of halogens is 1. The van der Waals surface area contributed by atoms with Crippen molar-refractivity contribution >= 4 is 34.2 Å². The average molecular weight is 312 g/mol. The van der Waals surface area contributed by atoms with Crippen molar-refractivity contribution in [2.75, 3.05) is 6.54 Å². The van der Waals surface area contributed by atoms with Gasteiger partial charge in [0.1, 0.15) is 0 Å². The van der Waals surface area contributed by atoms with E-state index in [1.165, 1.54) is 0 Å². The molecule has 0 aromatic heterocycles. The lowest BCUT2D eigenvalue weighted by Gasteiger charge is -2.14. The highest BCUT2D eigenvalue weighted by molar-refractivity contribution is 7.90. The van der Waals surface area contributed by atoms with Crippen LogP contribution >= 0.6 is 12.4 Å². The first-order chi connectivity index (χ1) is 8.40. The topological polar surface area (TPSA) is 118 Å². The van der Waals surface area contributed by atoms with Crippen LogP contribution in [0.1, 0.15) is 25.7 Å². The van der Waals surface area contributed by atoms with E-state index in [1.54, 1.807) is 0 Å². The molecule has 0 aromatic carbocycles. The first-order valence-corrected chi connectivity index (χ1v) is 7.53. The van der Waals surface area contributed by atoms with E-state index in [0.717, 1.165) is 0 Å². The molecule has 2 atom stereocenters. The van der Waals surface area contributed by atoms with Crippen LogP contribution < -0.4 is 15.8 Å². The Morgan fingerprint density at radius 2 is 2.05 bits per heavy atom. The second-order valence-corrected chi connectivity index (χ2v) is 6.79. The lowest BCUT2D eigenvalue weighted by molar-refractivity contribution is -0.123. The number of carbonyl (C=O) groups is 2. The molecule has 1 aliphatic carbocycles. The van der Waals surface area contributed by atoms with Crippen molar-refractivity contribution in [1.82, 2.24) is 10.0 Å². The van der Waals surface area contributed by atoms with Gasteiger partial charge in [-0.25, -0.2) is 8.42 Å². The quantitative estimate of drug-likeness (QED) is 0.594. The van der Waals surface area contributed by atoms with Crippen molar-refractivity contribution in [3.63, 3.8) is 0 Å². The fourth-order valence-electron chi connectivity index (χ4n) is 1.96. The molecule has 2 rings (SSSR count). The summed E-state index contributed by atoms with van der Waals surface area (Å²) in [5.41, 5.74) is 5.63. The van der Waals surface area contributed by atoms with Crippen molar-refractivity contribution in [2.45, 2.75) is 37.0 Å². The third-order valence-corrected chi connectivity index (χ3v) is 5.08. The monoisotopic (exact) mass is 311 g/mol. The fraction of sp³-hybridized carbons (Fsp3) is 0.800. The van der Waals surface area contributed by atoms with Gasteiger partial charge in [-0.1, -0.05) is 0 Å². The van der Waals surface area contributed by atoms with Crippen molar-refractivity contribution < 1.29 is 18.0 Å². The Hall–Kier alpha value is -0.860. The van der Waals surface area contributed by atoms with E-state index in [1.807, 2.05) is 4.72 Å². The summed E-state index contributed by atoms with van der Waals surface area (Å²) in [4.78, 5) is 23.0. The van der Waals surface area contributed by atoms with Gasteiger partial charge in [-0.15, -0.1) is 12.4 Å². The number of hydrogen-bond donors (Lipinski definition) is 3. The molecule has 19 heavy (non-hydrogen) atoms. The number of nitrogens with two attached hydrogens (primary N) is 1. The molecule has 2 fully saturated rings. The molecular formula is C10H18ClN3O4S. The molecule has 110 valence electrons. The van der Waals surface area contributed by atoms with Gasteiger partial charge in [-0.3, -0.25) is 14.3 Å². The Kier molecular flexibility index (Phi) is 5.17. The van der Waals surface area contributed by atoms with E-state index in [9.17, 15) is 18.0 Å². The number of carbonyl (C=O) groups excluding carboxylic acids is 2. The van der Waals surface area contributed by atoms with Crippen LogP contribution in [0.15, 0.2) is 0 Å². The van der Waals surface area contributed by atoms with Crippen LogP contribution in [0.25, 0.3) is 0 Å². The molecule has 7 nitrogen and oxygen atoms in total. The van der Waals surface area contributed by atoms with Crippen molar-refractivity contribution in [3.8, 4) is 0 Å². The Morgan fingerprint density at radius 3 is 2.53 bits per heavy atom. The Balaban J connectivity index is 0.00000180. The van der Waals surface area contributed by atoms with Crippen LogP contribution in [-0.4, -0.2) is 38.1 Å². The van der Waals surface area contributed by atoms with E-state index in [2.05, 4.69) is 5.32 Å². The molecule has 4 N–H and O–H groups in total. The summed E-state index contributed by atoms with van der Waals surface area (Å²) < 4.78 is 25.1. The Labute approximate surface area is 118 Å². The first-order valence-electron chi connectivity index (χ1n) is 5.99. The van der Waals surface area contributed by atoms with E-state index in [4.69, 9.17) is 5.73 Å². The summed E-state index contributed by atoms with van der Waals surface area (Å²) in [6.45, 7) is 0.582. The van der Waals surface area contributed by atoms with Crippen molar-refractivity contribution in [3.05, 3.63) is 0 Å². The van der Waals surface area contributed by atoms with Gasteiger partial charge in [-0.2, -0.15) is 0 Å². The second-order valence-electron chi connectivity index (χ2n) is 4.83. The molecule has 2 aliphatic rings. The minimum Gasteiger partial charge on any atom is -0.356 e. The molecule has 2 amide bonds. The minimum absolute atomic E-state index is 0. The zero-order chi connectivity index (χ0) is 13.3. The smallest absolute Gasteiger partial charge is 0.250 e. The molecule has 0 aromatic rings. The molecular weight excluding hydrogens is 294 g/mol. The van der Waals surface area contributed by atoms with Gasteiger partial charge < -0.3 is 11.1 Å². The van der Waals surface area contributed by atoms with E-state index >= 15 is 0 Å². The van der Waals surface area contributed by atoms with E-state index in [0.29, 0.717) is 25.8 Å². The summed E-state index contributed by atoms with van der Waals surface area (Å²) in [5, 5.41) is 2.19. The van der Waals surface area contributed by atoms with Gasteiger partial charge in [0.05, 0.1) is 11.3 Å². The molecule has 1 heterocycles. The number of nitrogens with one attached hydrogen (secondary N) is 2. The van der Waals surface area contributed by atoms with E-state index in [-0.39, 0.29) is 30.7 Å². The Morgan fingerprint density at radius 1 is 1.42 bits per heavy atom. The molecule has 0 bridgehead atoms. The highest BCUT2D eigenvalue weighted by Gasteiger charge is 2.38. The standard InChI is InChI=1S/C10H17N3O4S.ClH/c11-8(5-6-3-4-12-9(6)14)10(15)13-18(16,17)7-1-2-7;/h6-8H,1-5,11H2,(H,12,14)(H,13,15);1H/t6-,8-;/m0./s1. The van der Waals surface area contributed by atoms with Gasteiger partial charge in [0.25, 0.3) is 0 Å². The molecule has 9 heteroatoms. The SMILES string of the molecule is Cl.N[C@@H](C[C@@H]1CCNC1=O)C(=O)NS(=O)(=O)C1CC1. The zero-order valence-corrected chi connectivity index (χ0v) is 11.9. The molecule has 1 aliphatic heterocycles. The predicted octanol–water partition coefficient (Wildman–Crippen LogP) is -1.13. The van der Waals surface area contributed by atoms with Gasteiger partial charge in [-0.05, 0) is 25.7 Å². The number of rotatable bonds is 5. The Bertz CT molecular complexity index is 463. The van der Waals surface area contributed by atoms with Crippen LogP contribution in [0, 0.1) is 5.92 Å². The van der Waals surface area contributed by atoms with Crippen molar-refractivity contribution in [1.29, 1.82) is 0 Å². The molecule has 0 unspecified atom stereocenters. The third kappa shape index (κ3) is 4.05. The zero-order valence-electron chi connectivity index (χ0n) is 10.3. The van der Waals surface area contributed by atoms with Crippen molar-refractivity contribution in [2.24, 2.45) is 11.7 Å². The van der Waals surface area contributed by atoms with Crippen LogP contribution in [0.5, 0.6) is 0 Å². The largest absolute Gasteiger partial charge is 0.356 e. The van der Waals surface area contributed by atoms with Crippen LogP contribution in [0.2, 0.25) is 0 Å². The lowest BCUT2D eigenvalue weighted by Crippen LogP contribution is -2.45. The summed E-state index contributed by atoms with van der Waals surface area (Å²) in [6.07, 6.45) is 1.98. The summed E-state index contributed by atoms with van der Waals surface area (Å²) >= 11 is 0. The fourth-order valence-corrected chi connectivity index (χ4v) is 3.32. The summed E-state index contributed by atoms with van der Waals surface area (Å²) in [6, 6.07) is -0.965. The highest BCUT2D eigenvalue weighted by Crippen LogP contribution is 2.27. The normalized spacial score (nSPS) is 24.3. The minimum atomic E-state index is -3.56. The third-order valence-electron chi connectivity index (χ3n) is 3.24. The van der Waals surface area contributed by atoms with Crippen LogP contribution in [-0.2, 0) is 19.6 Å². The molecule has 1 saturated heterocycles. The van der Waals surface area contributed by atoms with Crippen LogP contribution in [0.3, 0.4) is 0 Å². The molecule has 1 saturated carbocycles. The van der Waals surface area contributed by atoms with Crippen LogP contribution in [0.4, 0.5) is 0 Å².